The SMILES string of the molecule is CC(C)CNCC(C)N1CCCC1CN(C)C. The fourth-order valence-electron chi connectivity index (χ4n) is 2.75. The second-order valence-corrected chi connectivity index (χ2v) is 6.20. The third-order valence-electron chi connectivity index (χ3n) is 3.56. The van der Waals surface area contributed by atoms with Crippen molar-refractivity contribution in [2.24, 2.45) is 5.92 Å². The van der Waals surface area contributed by atoms with Crippen LogP contribution in [0.3, 0.4) is 0 Å². The molecule has 17 heavy (non-hydrogen) atoms. The van der Waals surface area contributed by atoms with Gasteiger partial charge in [0.2, 0.25) is 0 Å². The molecule has 1 aliphatic rings. The van der Waals surface area contributed by atoms with Gasteiger partial charge in [0.25, 0.3) is 0 Å². The van der Waals surface area contributed by atoms with Crippen molar-refractivity contribution in [3.63, 3.8) is 0 Å². The molecule has 0 aromatic heterocycles. The van der Waals surface area contributed by atoms with Gasteiger partial charge in [-0.25, -0.2) is 0 Å². The van der Waals surface area contributed by atoms with E-state index in [1.54, 1.807) is 0 Å². The van der Waals surface area contributed by atoms with Crippen molar-refractivity contribution in [2.75, 3.05) is 40.3 Å². The van der Waals surface area contributed by atoms with Crippen molar-refractivity contribution in [2.45, 2.75) is 45.7 Å². The predicted octanol–water partition coefficient (Wildman–Crippen LogP) is 1.65. The molecule has 1 aliphatic heterocycles. The van der Waals surface area contributed by atoms with E-state index in [4.69, 9.17) is 0 Å². The van der Waals surface area contributed by atoms with Crippen molar-refractivity contribution in [1.82, 2.24) is 15.1 Å². The Kier molecular flexibility index (Phi) is 6.45. The van der Waals surface area contributed by atoms with Gasteiger partial charge in [-0.3, -0.25) is 4.90 Å². The third-order valence-corrected chi connectivity index (χ3v) is 3.56. The quantitative estimate of drug-likeness (QED) is 0.731. The van der Waals surface area contributed by atoms with Crippen LogP contribution in [-0.2, 0) is 0 Å². The Morgan fingerprint density at radius 2 is 1.94 bits per heavy atom. The molecule has 1 rings (SSSR count). The first-order chi connectivity index (χ1) is 8.00. The fourth-order valence-corrected chi connectivity index (χ4v) is 2.75. The van der Waals surface area contributed by atoms with Crippen LogP contribution in [-0.4, -0.2) is 62.2 Å². The Labute approximate surface area is 108 Å². The number of nitrogens with zero attached hydrogens (tertiary/aromatic N) is 2. The van der Waals surface area contributed by atoms with Crippen LogP contribution in [0.4, 0.5) is 0 Å². The lowest BCUT2D eigenvalue weighted by atomic mass is 10.1. The highest BCUT2D eigenvalue weighted by Crippen LogP contribution is 2.20. The van der Waals surface area contributed by atoms with Crippen LogP contribution in [0.5, 0.6) is 0 Å². The normalized spacial score (nSPS) is 23.8. The molecule has 3 nitrogen and oxygen atoms in total. The topological polar surface area (TPSA) is 18.5 Å². The number of hydrogen-bond acceptors (Lipinski definition) is 3. The molecule has 0 bridgehead atoms. The van der Waals surface area contributed by atoms with Crippen molar-refractivity contribution >= 4 is 0 Å². The number of likely N-dealkylation sites (N-methyl/N-ethyl adjacent to an activating group) is 1. The van der Waals surface area contributed by atoms with E-state index in [2.05, 4.69) is 50.0 Å². The highest BCUT2D eigenvalue weighted by atomic mass is 15.2. The average molecular weight is 241 g/mol. The van der Waals surface area contributed by atoms with Gasteiger partial charge in [-0.15, -0.1) is 0 Å². The largest absolute Gasteiger partial charge is 0.315 e. The summed E-state index contributed by atoms with van der Waals surface area (Å²) in [5, 5.41) is 3.58. The van der Waals surface area contributed by atoms with Gasteiger partial charge in [0.1, 0.15) is 0 Å². The summed E-state index contributed by atoms with van der Waals surface area (Å²) < 4.78 is 0. The molecule has 1 saturated heterocycles. The lowest BCUT2D eigenvalue weighted by molar-refractivity contribution is 0.158. The van der Waals surface area contributed by atoms with E-state index >= 15 is 0 Å². The molecule has 0 radical (unpaired) electrons. The first-order valence-corrected chi connectivity index (χ1v) is 7.12. The summed E-state index contributed by atoms with van der Waals surface area (Å²) >= 11 is 0. The van der Waals surface area contributed by atoms with Crippen LogP contribution in [0.2, 0.25) is 0 Å². The summed E-state index contributed by atoms with van der Waals surface area (Å²) in [5.41, 5.74) is 0. The molecule has 0 amide bonds. The number of nitrogens with one attached hydrogen (secondary N) is 1. The summed E-state index contributed by atoms with van der Waals surface area (Å²) in [4.78, 5) is 5.00. The second kappa shape index (κ2) is 7.34. The fraction of sp³-hybridized carbons (Fsp3) is 1.00. The highest BCUT2D eigenvalue weighted by Gasteiger charge is 2.28. The van der Waals surface area contributed by atoms with E-state index in [0.717, 1.165) is 25.0 Å². The smallest absolute Gasteiger partial charge is 0.0226 e. The first kappa shape index (κ1) is 14.9. The van der Waals surface area contributed by atoms with Gasteiger partial charge in [-0.2, -0.15) is 0 Å². The van der Waals surface area contributed by atoms with E-state index in [-0.39, 0.29) is 0 Å². The highest BCUT2D eigenvalue weighted by molar-refractivity contribution is 4.85. The Morgan fingerprint density at radius 1 is 1.24 bits per heavy atom. The van der Waals surface area contributed by atoms with Gasteiger partial charge in [-0.05, 0) is 52.9 Å². The molecular formula is C14H31N3. The Hall–Kier alpha value is -0.120. The molecule has 102 valence electrons. The van der Waals surface area contributed by atoms with Crippen molar-refractivity contribution < 1.29 is 0 Å². The maximum Gasteiger partial charge on any atom is 0.0226 e. The van der Waals surface area contributed by atoms with Crippen molar-refractivity contribution in [3.8, 4) is 0 Å². The summed E-state index contributed by atoms with van der Waals surface area (Å²) in [6.45, 7) is 11.6. The lowest BCUT2D eigenvalue weighted by Gasteiger charge is -2.32. The monoisotopic (exact) mass is 241 g/mol. The van der Waals surface area contributed by atoms with Crippen LogP contribution in [0.15, 0.2) is 0 Å². The molecule has 0 aliphatic carbocycles. The molecule has 1 heterocycles. The van der Waals surface area contributed by atoms with Crippen molar-refractivity contribution in [1.29, 1.82) is 0 Å². The zero-order valence-corrected chi connectivity index (χ0v) is 12.4. The molecule has 0 spiro atoms. The minimum absolute atomic E-state index is 0.668. The van der Waals surface area contributed by atoms with Gasteiger partial charge < -0.3 is 10.2 Å². The minimum atomic E-state index is 0.668. The predicted molar refractivity (Wildman–Crippen MR) is 75.5 cm³/mol. The molecule has 1 N–H and O–H groups in total. The Balaban J connectivity index is 2.31. The molecule has 2 unspecified atom stereocenters. The molecule has 0 aromatic carbocycles. The molecule has 0 aromatic rings. The van der Waals surface area contributed by atoms with Gasteiger partial charge in [0, 0.05) is 25.2 Å². The summed E-state index contributed by atoms with van der Waals surface area (Å²) in [5.74, 6) is 0.748. The third kappa shape index (κ3) is 5.36. The average Bonchev–Trinajstić information content (AvgIpc) is 2.64. The maximum atomic E-state index is 3.58. The molecular weight excluding hydrogens is 210 g/mol. The van der Waals surface area contributed by atoms with E-state index in [0.29, 0.717) is 6.04 Å². The number of likely N-dealkylation sites (tertiary alicyclic amines) is 1. The molecule has 1 fully saturated rings. The zero-order valence-electron chi connectivity index (χ0n) is 12.4. The first-order valence-electron chi connectivity index (χ1n) is 7.12. The van der Waals surface area contributed by atoms with Crippen molar-refractivity contribution in [3.05, 3.63) is 0 Å². The van der Waals surface area contributed by atoms with E-state index in [1.807, 2.05) is 0 Å². The Morgan fingerprint density at radius 3 is 2.53 bits per heavy atom. The van der Waals surface area contributed by atoms with Crippen LogP contribution < -0.4 is 5.32 Å². The number of rotatable bonds is 7. The van der Waals surface area contributed by atoms with Crippen LogP contribution in [0, 0.1) is 5.92 Å². The molecule has 2 atom stereocenters. The summed E-state index contributed by atoms with van der Waals surface area (Å²) in [6.07, 6.45) is 2.74. The van der Waals surface area contributed by atoms with Gasteiger partial charge in [0.15, 0.2) is 0 Å². The van der Waals surface area contributed by atoms with E-state index in [9.17, 15) is 0 Å². The summed E-state index contributed by atoms with van der Waals surface area (Å²) in [7, 11) is 4.36. The standard InChI is InChI=1S/C14H31N3/c1-12(2)9-15-10-13(3)17-8-6-7-14(17)11-16(4)5/h12-15H,6-11H2,1-5H3. The van der Waals surface area contributed by atoms with Crippen LogP contribution in [0.1, 0.15) is 33.6 Å². The van der Waals surface area contributed by atoms with E-state index in [1.165, 1.54) is 25.9 Å². The molecule has 0 saturated carbocycles. The van der Waals surface area contributed by atoms with Gasteiger partial charge in [0.05, 0.1) is 0 Å². The Bertz CT molecular complexity index is 204. The second-order valence-electron chi connectivity index (χ2n) is 6.20. The molecule has 3 heteroatoms. The van der Waals surface area contributed by atoms with Crippen LogP contribution >= 0.6 is 0 Å². The van der Waals surface area contributed by atoms with Gasteiger partial charge >= 0.3 is 0 Å². The minimum Gasteiger partial charge on any atom is -0.315 e. The zero-order chi connectivity index (χ0) is 12.8. The lowest BCUT2D eigenvalue weighted by Crippen LogP contribution is -2.46. The van der Waals surface area contributed by atoms with Gasteiger partial charge in [-0.1, -0.05) is 13.8 Å². The van der Waals surface area contributed by atoms with Crippen LogP contribution in [0.25, 0.3) is 0 Å². The summed E-state index contributed by atoms with van der Waals surface area (Å²) in [6, 6.07) is 1.43. The number of hydrogen-bond donors (Lipinski definition) is 1. The van der Waals surface area contributed by atoms with E-state index < -0.39 is 0 Å². The maximum absolute atomic E-state index is 3.58.